The third-order valence-electron chi connectivity index (χ3n) is 6.95. The van der Waals surface area contributed by atoms with Crippen molar-refractivity contribution in [3.05, 3.63) is 46.1 Å². The smallest absolute Gasteiger partial charge is 0.270 e. The number of nitrogens with one attached hydrogen (secondary N) is 2. The van der Waals surface area contributed by atoms with Crippen LogP contribution in [0.15, 0.2) is 40.5 Å². The van der Waals surface area contributed by atoms with Crippen molar-refractivity contribution >= 4 is 33.4 Å². The van der Waals surface area contributed by atoms with Crippen molar-refractivity contribution in [3.63, 3.8) is 0 Å². The fraction of sp³-hybridized carbons (Fsp3) is 0.480. The molecule has 7 heteroatoms. The van der Waals surface area contributed by atoms with Crippen LogP contribution in [0.5, 0.6) is 0 Å². The molecule has 3 aromatic rings. The van der Waals surface area contributed by atoms with Gasteiger partial charge in [0, 0.05) is 30.1 Å². The van der Waals surface area contributed by atoms with Crippen LogP contribution >= 0.6 is 11.3 Å². The molecule has 1 aliphatic heterocycles. The van der Waals surface area contributed by atoms with Gasteiger partial charge in [0.05, 0.1) is 11.4 Å². The van der Waals surface area contributed by atoms with Crippen LogP contribution in [-0.4, -0.2) is 35.0 Å². The van der Waals surface area contributed by atoms with Crippen molar-refractivity contribution in [2.75, 3.05) is 18.0 Å². The third kappa shape index (κ3) is 4.31. The molecule has 5 rings (SSSR count). The second-order valence-electron chi connectivity index (χ2n) is 9.33. The summed E-state index contributed by atoms with van der Waals surface area (Å²) in [6, 6.07) is 10.4. The van der Waals surface area contributed by atoms with Gasteiger partial charge in [-0.1, -0.05) is 37.3 Å². The molecule has 1 aromatic carbocycles. The summed E-state index contributed by atoms with van der Waals surface area (Å²) in [7, 11) is 0. The maximum Gasteiger partial charge on any atom is 0.270 e. The van der Waals surface area contributed by atoms with Gasteiger partial charge >= 0.3 is 0 Å². The first kappa shape index (κ1) is 21.2. The lowest BCUT2D eigenvalue weighted by molar-refractivity contribution is -0.126. The van der Waals surface area contributed by atoms with Crippen LogP contribution in [-0.2, 0) is 4.79 Å². The standard InChI is InChI=1S/C25H30N4O2S/c1-16-9-11-19(12-10-16)26-23(30)18-8-5-13-29(14-18)25-27-21-20(17-6-3-2-4-7-17)15-32-22(21)24(31)28-25/h2-4,6-7,15-16,18-19H,5,8-14H2,1H3,(H,26,30)(H,27,28,31)/t16?,18-,19?/m0/s1. The number of aromatic amines is 1. The second kappa shape index (κ2) is 9.06. The van der Waals surface area contributed by atoms with Crippen molar-refractivity contribution < 1.29 is 4.79 Å². The molecule has 2 fully saturated rings. The summed E-state index contributed by atoms with van der Waals surface area (Å²) in [5.74, 6) is 1.42. The summed E-state index contributed by atoms with van der Waals surface area (Å²) >= 11 is 1.43. The van der Waals surface area contributed by atoms with Gasteiger partial charge in [-0.15, -0.1) is 11.3 Å². The number of amides is 1. The lowest BCUT2D eigenvalue weighted by Crippen LogP contribution is -2.47. The number of nitrogens with zero attached hydrogens (tertiary/aromatic N) is 2. The zero-order valence-corrected chi connectivity index (χ0v) is 19.3. The van der Waals surface area contributed by atoms with Gasteiger partial charge in [-0.2, -0.15) is 0 Å². The van der Waals surface area contributed by atoms with Crippen LogP contribution in [0.4, 0.5) is 5.95 Å². The highest BCUT2D eigenvalue weighted by Gasteiger charge is 2.29. The van der Waals surface area contributed by atoms with E-state index in [2.05, 4.69) is 22.1 Å². The number of H-pyrrole nitrogens is 1. The van der Waals surface area contributed by atoms with Crippen molar-refractivity contribution in [2.45, 2.75) is 51.5 Å². The molecule has 1 aliphatic carbocycles. The minimum Gasteiger partial charge on any atom is -0.353 e. The number of thiophene rings is 1. The van der Waals surface area contributed by atoms with Crippen LogP contribution in [0, 0.1) is 11.8 Å². The van der Waals surface area contributed by atoms with E-state index >= 15 is 0 Å². The Hall–Kier alpha value is -2.67. The van der Waals surface area contributed by atoms with Crippen LogP contribution in [0.25, 0.3) is 21.3 Å². The Balaban J connectivity index is 1.35. The molecule has 0 spiro atoms. The largest absolute Gasteiger partial charge is 0.353 e. The quantitative estimate of drug-likeness (QED) is 0.611. The van der Waals surface area contributed by atoms with Gasteiger partial charge in [-0.25, -0.2) is 4.98 Å². The zero-order valence-electron chi connectivity index (χ0n) is 18.5. The number of aromatic nitrogens is 2. The molecule has 32 heavy (non-hydrogen) atoms. The van der Waals surface area contributed by atoms with E-state index in [4.69, 9.17) is 4.98 Å². The molecular formula is C25H30N4O2S. The molecule has 1 saturated carbocycles. The molecule has 0 unspecified atom stereocenters. The first-order chi connectivity index (χ1) is 15.6. The van der Waals surface area contributed by atoms with E-state index in [9.17, 15) is 9.59 Å². The summed E-state index contributed by atoms with van der Waals surface area (Å²) in [4.78, 5) is 35.7. The molecule has 1 amide bonds. The summed E-state index contributed by atoms with van der Waals surface area (Å²) in [5.41, 5.74) is 2.67. The van der Waals surface area contributed by atoms with Crippen molar-refractivity contribution in [3.8, 4) is 11.1 Å². The number of carbonyl (C=O) groups is 1. The molecule has 1 atom stereocenters. The van der Waals surface area contributed by atoms with Gasteiger partial charge in [0.1, 0.15) is 4.70 Å². The molecule has 6 nitrogen and oxygen atoms in total. The summed E-state index contributed by atoms with van der Waals surface area (Å²) < 4.78 is 0.644. The highest BCUT2D eigenvalue weighted by atomic mass is 32.1. The summed E-state index contributed by atoms with van der Waals surface area (Å²) in [6.07, 6.45) is 6.33. The molecule has 2 aromatic heterocycles. The van der Waals surface area contributed by atoms with Crippen LogP contribution in [0.3, 0.4) is 0 Å². The number of hydrogen-bond donors (Lipinski definition) is 2. The van der Waals surface area contributed by atoms with E-state index in [-0.39, 0.29) is 17.4 Å². The zero-order chi connectivity index (χ0) is 22.1. The predicted molar refractivity (Wildman–Crippen MR) is 130 cm³/mol. The van der Waals surface area contributed by atoms with E-state index in [0.29, 0.717) is 23.2 Å². The van der Waals surface area contributed by atoms with Crippen molar-refractivity contribution in [2.24, 2.45) is 11.8 Å². The highest BCUT2D eigenvalue weighted by Crippen LogP contribution is 2.32. The Morgan fingerprint density at radius 2 is 1.94 bits per heavy atom. The lowest BCUT2D eigenvalue weighted by atomic mass is 9.87. The second-order valence-corrected chi connectivity index (χ2v) is 10.2. The summed E-state index contributed by atoms with van der Waals surface area (Å²) in [6.45, 7) is 3.68. The van der Waals surface area contributed by atoms with Crippen molar-refractivity contribution in [1.82, 2.24) is 15.3 Å². The van der Waals surface area contributed by atoms with Gasteiger partial charge in [-0.3, -0.25) is 14.6 Å². The average molecular weight is 451 g/mol. The van der Waals surface area contributed by atoms with E-state index in [1.807, 2.05) is 35.7 Å². The fourth-order valence-corrected chi connectivity index (χ4v) is 5.90. The number of carbonyl (C=O) groups excluding carboxylic acids is 1. The SMILES string of the molecule is CC1CCC(NC(=O)[C@H]2CCCN(c3nc4c(-c5ccccc5)csc4c(=O)[nH]3)C2)CC1. The van der Waals surface area contributed by atoms with Gasteiger partial charge in [0.25, 0.3) is 5.56 Å². The third-order valence-corrected chi connectivity index (χ3v) is 7.92. The van der Waals surface area contributed by atoms with Crippen molar-refractivity contribution in [1.29, 1.82) is 0 Å². The van der Waals surface area contributed by atoms with Crippen LogP contribution in [0.1, 0.15) is 45.4 Å². The minimum absolute atomic E-state index is 0.0693. The Labute approximate surface area is 192 Å². The molecule has 0 bridgehead atoms. The first-order valence-electron chi connectivity index (χ1n) is 11.7. The molecule has 2 aliphatic rings. The van der Waals surface area contributed by atoms with E-state index in [1.54, 1.807) is 0 Å². The van der Waals surface area contributed by atoms with Gasteiger partial charge in [0.15, 0.2) is 0 Å². The number of rotatable bonds is 4. The van der Waals surface area contributed by atoms with Gasteiger partial charge in [0.2, 0.25) is 11.9 Å². The first-order valence-corrected chi connectivity index (χ1v) is 12.6. The molecule has 168 valence electrons. The highest BCUT2D eigenvalue weighted by molar-refractivity contribution is 7.17. The molecule has 3 heterocycles. The number of piperidine rings is 1. The van der Waals surface area contributed by atoms with Gasteiger partial charge in [-0.05, 0) is 50.0 Å². The number of hydrogen-bond acceptors (Lipinski definition) is 5. The molecular weight excluding hydrogens is 420 g/mol. The Morgan fingerprint density at radius 3 is 2.72 bits per heavy atom. The Bertz CT molecular complexity index is 1150. The number of anilines is 1. The minimum atomic E-state index is -0.111. The normalized spacial score (nSPS) is 23.9. The monoisotopic (exact) mass is 450 g/mol. The lowest BCUT2D eigenvalue weighted by Gasteiger charge is -2.34. The van der Waals surface area contributed by atoms with Crippen LogP contribution in [0.2, 0.25) is 0 Å². The Morgan fingerprint density at radius 1 is 1.16 bits per heavy atom. The Kier molecular flexibility index (Phi) is 6.00. The topological polar surface area (TPSA) is 78.1 Å². The molecule has 2 N–H and O–H groups in total. The van der Waals surface area contributed by atoms with E-state index < -0.39 is 0 Å². The van der Waals surface area contributed by atoms with Gasteiger partial charge < -0.3 is 10.2 Å². The molecule has 1 saturated heterocycles. The molecule has 0 radical (unpaired) electrons. The number of benzene rings is 1. The maximum absolute atomic E-state index is 13.0. The fourth-order valence-electron chi connectivity index (χ4n) is 5.00. The average Bonchev–Trinajstić information content (AvgIpc) is 3.26. The predicted octanol–water partition coefficient (Wildman–Crippen LogP) is 4.56. The van der Waals surface area contributed by atoms with E-state index in [0.717, 1.165) is 54.8 Å². The van der Waals surface area contributed by atoms with Crippen LogP contribution < -0.4 is 15.8 Å². The van der Waals surface area contributed by atoms with E-state index in [1.165, 1.54) is 24.2 Å². The summed E-state index contributed by atoms with van der Waals surface area (Å²) in [5, 5.41) is 5.30. The maximum atomic E-state index is 13.0. The number of fused-ring (bicyclic) bond motifs is 1.